The second kappa shape index (κ2) is 4.97. The van der Waals surface area contributed by atoms with Gasteiger partial charge in [0.25, 0.3) is 0 Å². The van der Waals surface area contributed by atoms with Crippen molar-refractivity contribution in [1.29, 1.82) is 0 Å². The van der Waals surface area contributed by atoms with E-state index in [1.807, 2.05) is 12.3 Å². The number of nitrogens with one attached hydrogen (secondary N) is 1. The Morgan fingerprint density at radius 3 is 2.72 bits per heavy atom. The van der Waals surface area contributed by atoms with Crippen LogP contribution in [0.25, 0.3) is 0 Å². The van der Waals surface area contributed by atoms with Crippen LogP contribution in [0.4, 0.5) is 18.9 Å². The van der Waals surface area contributed by atoms with Crippen molar-refractivity contribution in [3.63, 3.8) is 0 Å². The number of aromatic nitrogens is 1. The zero-order chi connectivity index (χ0) is 13.2. The summed E-state index contributed by atoms with van der Waals surface area (Å²) in [4.78, 5) is 4.23. The topological polar surface area (TPSA) is 24.9 Å². The van der Waals surface area contributed by atoms with Crippen molar-refractivity contribution >= 4 is 17.0 Å². The first kappa shape index (κ1) is 12.9. The van der Waals surface area contributed by atoms with E-state index in [0.29, 0.717) is 12.2 Å². The Hall–Kier alpha value is -1.56. The molecule has 2 rings (SSSR count). The number of aryl methyl sites for hydroxylation is 1. The van der Waals surface area contributed by atoms with Crippen LogP contribution in [0.3, 0.4) is 0 Å². The fraction of sp³-hybridized carbons (Fsp3) is 0.250. The van der Waals surface area contributed by atoms with E-state index in [-0.39, 0.29) is 0 Å². The molecule has 0 saturated heterocycles. The molecule has 0 atom stereocenters. The van der Waals surface area contributed by atoms with Crippen molar-refractivity contribution in [2.45, 2.75) is 19.6 Å². The summed E-state index contributed by atoms with van der Waals surface area (Å²) in [5.74, 6) is 0. The van der Waals surface area contributed by atoms with Crippen LogP contribution in [0.1, 0.15) is 16.3 Å². The molecule has 0 unspecified atom stereocenters. The van der Waals surface area contributed by atoms with Crippen LogP contribution < -0.4 is 5.32 Å². The van der Waals surface area contributed by atoms with Crippen LogP contribution in [-0.4, -0.2) is 4.98 Å². The maximum Gasteiger partial charge on any atom is 0.416 e. The number of nitrogens with zero attached hydrogens (tertiary/aromatic N) is 1. The minimum atomic E-state index is -4.31. The summed E-state index contributed by atoms with van der Waals surface area (Å²) in [5.41, 5.74) is 0.710. The number of hydrogen-bond acceptors (Lipinski definition) is 3. The van der Waals surface area contributed by atoms with Crippen molar-refractivity contribution < 1.29 is 13.2 Å². The van der Waals surface area contributed by atoms with Gasteiger partial charge in [-0.3, -0.25) is 0 Å². The highest BCUT2D eigenvalue weighted by atomic mass is 32.1. The summed E-state index contributed by atoms with van der Waals surface area (Å²) in [6.45, 7) is 2.31. The first-order valence-electron chi connectivity index (χ1n) is 5.27. The highest BCUT2D eigenvalue weighted by molar-refractivity contribution is 7.09. The van der Waals surface area contributed by atoms with E-state index in [0.717, 1.165) is 22.8 Å². The molecular formula is C12H11F3N2S. The number of halogens is 3. The first-order chi connectivity index (χ1) is 8.45. The summed E-state index contributed by atoms with van der Waals surface area (Å²) in [6.07, 6.45) is -4.31. The molecule has 1 heterocycles. The van der Waals surface area contributed by atoms with E-state index < -0.39 is 11.7 Å². The van der Waals surface area contributed by atoms with Crippen LogP contribution in [0.5, 0.6) is 0 Å². The van der Waals surface area contributed by atoms with Gasteiger partial charge in [0.15, 0.2) is 0 Å². The molecule has 2 nitrogen and oxygen atoms in total. The number of hydrogen-bond donors (Lipinski definition) is 1. The van der Waals surface area contributed by atoms with Gasteiger partial charge in [-0.25, -0.2) is 4.98 Å². The molecular weight excluding hydrogens is 261 g/mol. The van der Waals surface area contributed by atoms with Gasteiger partial charge in [-0.15, -0.1) is 11.3 Å². The molecule has 0 bridgehead atoms. The lowest BCUT2D eigenvalue weighted by atomic mass is 10.2. The van der Waals surface area contributed by atoms with Crippen LogP contribution in [0.2, 0.25) is 0 Å². The fourth-order valence-electron chi connectivity index (χ4n) is 1.47. The third-order valence-electron chi connectivity index (χ3n) is 2.30. The van der Waals surface area contributed by atoms with Crippen LogP contribution in [0.15, 0.2) is 29.6 Å². The van der Waals surface area contributed by atoms with Gasteiger partial charge in [-0.1, -0.05) is 6.07 Å². The van der Waals surface area contributed by atoms with Gasteiger partial charge in [0, 0.05) is 16.8 Å². The third kappa shape index (κ3) is 3.22. The maximum absolute atomic E-state index is 12.5. The molecule has 0 aliphatic rings. The van der Waals surface area contributed by atoms with Crippen LogP contribution in [-0.2, 0) is 12.7 Å². The zero-order valence-electron chi connectivity index (χ0n) is 9.58. The smallest absolute Gasteiger partial charge is 0.379 e. The van der Waals surface area contributed by atoms with Gasteiger partial charge in [-0.05, 0) is 25.1 Å². The normalized spacial score (nSPS) is 11.6. The predicted octanol–water partition coefficient (Wildman–Crippen LogP) is 4.08. The molecule has 6 heteroatoms. The number of anilines is 1. The largest absolute Gasteiger partial charge is 0.416 e. The standard InChI is InChI=1S/C12H11F3N2S/c1-8-7-18-11(17-8)6-16-10-4-2-3-9(5-10)12(13,14)15/h2-5,7,16H,6H2,1H3. The van der Waals surface area contributed by atoms with Gasteiger partial charge in [0.05, 0.1) is 12.1 Å². The second-order valence-electron chi connectivity index (χ2n) is 3.81. The summed E-state index contributed by atoms with van der Waals surface area (Å²) >= 11 is 1.48. The molecule has 0 aliphatic heterocycles. The van der Waals surface area contributed by atoms with Crippen LogP contribution in [0, 0.1) is 6.92 Å². The van der Waals surface area contributed by atoms with Gasteiger partial charge < -0.3 is 5.32 Å². The molecule has 0 spiro atoms. The summed E-state index contributed by atoms with van der Waals surface area (Å²) in [5, 5.41) is 5.69. The highest BCUT2D eigenvalue weighted by Crippen LogP contribution is 2.30. The van der Waals surface area contributed by atoms with E-state index in [1.54, 1.807) is 6.07 Å². The number of rotatable bonds is 3. The van der Waals surface area contributed by atoms with Crippen molar-refractivity contribution in [1.82, 2.24) is 4.98 Å². The molecule has 2 aromatic rings. The van der Waals surface area contributed by atoms with Crippen molar-refractivity contribution in [2.75, 3.05) is 5.32 Å². The summed E-state index contributed by atoms with van der Waals surface area (Å²) in [7, 11) is 0. The minimum absolute atomic E-state index is 0.430. The third-order valence-corrected chi connectivity index (χ3v) is 3.27. The Morgan fingerprint density at radius 2 is 2.11 bits per heavy atom. The molecule has 1 aromatic carbocycles. The lowest BCUT2D eigenvalue weighted by Gasteiger charge is -2.09. The van der Waals surface area contributed by atoms with E-state index in [2.05, 4.69) is 10.3 Å². The maximum atomic E-state index is 12.5. The van der Waals surface area contributed by atoms with Gasteiger partial charge in [-0.2, -0.15) is 13.2 Å². The molecule has 0 fully saturated rings. The Morgan fingerprint density at radius 1 is 1.33 bits per heavy atom. The molecule has 96 valence electrons. The lowest BCUT2D eigenvalue weighted by Crippen LogP contribution is -2.06. The van der Waals surface area contributed by atoms with Crippen LogP contribution >= 0.6 is 11.3 Å². The molecule has 18 heavy (non-hydrogen) atoms. The predicted molar refractivity (Wildman–Crippen MR) is 65.6 cm³/mol. The SMILES string of the molecule is Cc1csc(CNc2cccc(C(F)(F)F)c2)n1. The van der Waals surface area contributed by atoms with Gasteiger partial charge >= 0.3 is 6.18 Å². The second-order valence-corrected chi connectivity index (χ2v) is 4.76. The quantitative estimate of drug-likeness (QED) is 0.910. The van der Waals surface area contributed by atoms with Crippen molar-refractivity contribution in [3.8, 4) is 0 Å². The minimum Gasteiger partial charge on any atom is -0.379 e. The average molecular weight is 272 g/mol. The van der Waals surface area contributed by atoms with E-state index >= 15 is 0 Å². The van der Waals surface area contributed by atoms with E-state index in [1.165, 1.54) is 17.4 Å². The molecule has 0 radical (unpaired) electrons. The molecule has 1 aromatic heterocycles. The molecule has 0 saturated carbocycles. The number of benzene rings is 1. The van der Waals surface area contributed by atoms with Gasteiger partial charge in [0.1, 0.15) is 5.01 Å². The average Bonchev–Trinajstić information content (AvgIpc) is 2.72. The zero-order valence-corrected chi connectivity index (χ0v) is 10.4. The first-order valence-corrected chi connectivity index (χ1v) is 6.15. The molecule has 0 aliphatic carbocycles. The Balaban J connectivity index is 2.06. The summed E-state index contributed by atoms with van der Waals surface area (Å²) < 4.78 is 37.5. The molecule has 0 amide bonds. The monoisotopic (exact) mass is 272 g/mol. The van der Waals surface area contributed by atoms with E-state index in [9.17, 15) is 13.2 Å². The van der Waals surface area contributed by atoms with Crippen molar-refractivity contribution in [2.24, 2.45) is 0 Å². The fourth-order valence-corrected chi connectivity index (χ4v) is 2.18. The lowest BCUT2D eigenvalue weighted by molar-refractivity contribution is -0.137. The summed E-state index contributed by atoms with van der Waals surface area (Å²) in [6, 6.07) is 5.15. The molecule has 1 N–H and O–H groups in total. The number of alkyl halides is 3. The highest BCUT2D eigenvalue weighted by Gasteiger charge is 2.30. The Labute approximate surface area is 106 Å². The van der Waals surface area contributed by atoms with E-state index in [4.69, 9.17) is 0 Å². The number of thiazole rings is 1. The Kier molecular flexibility index (Phi) is 3.56. The van der Waals surface area contributed by atoms with Gasteiger partial charge in [0.2, 0.25) is 0 Å². The Bertz CT molecular complexity index is 534. The van der Waals surface area contributed by atoms with Crippen molar-refractivity contribution in [3.05, 3.63) is 45.9 Å².